The van der Waals surface area contributed by atoms with Gasteiger partial charge in [0.05, 0.1) is 29.3 Å². The predicted octanol–water partition coefficient (Wildman–Crippen LogP) is 4.65. The van der Waals surface area contributed by atoms with Crippen molar-refractivity contribution < 1.29 is 24.5 Å². The van der Waals surface area contributed by atoms with Crippen LogP contribution in [0, 0.1) is 24.7 Å². The Labute approximate surface area is 201 Å². The summed E-state index contributed by atoms with van der Waals surface area (Å²) in [5.74, 6) is -2.36. The third-order valence-corrected chi connectivity index (χ3v) is 7.07. The fraction of sp³-hybridized carbons (Fsp3) is 0.577. The number of ether oxygens (including phenoxy) is 1. The number of allylic oxidation sites excluding steroid dienone is 3. The Morgan fingerprint density at radius 2 is 1.85 bits per heavy atom. The van der Waals surface area contributed by atoms with E-state index >= 15 is 0 Å². The number of Topliss-reactive ketones (excluding diaryl/α,β-unsaturated/α-hetero) is 1. The van der Waals surface area contributed by atoms with Gasteiger partial charge in [-0.15, -0.1) is 11.3 Å². The highest BCUT2D eigenvalue weighted by atomic mass is 32.1. The Morgan fingerprint density at radius 1 is 1.15 bits per heavy atom. The predicted molar refractivity (Wildman–Crippen MR) is 132 cm³/mol. The number of carbonyl (C=O) groups excluding carboxylic acids is 2. The number of aryl methyl sites for hydroxylation is 1. The summed E-state index contributed by atoms with van der Waals surface area (Å²) >= 11 is 1.55. The third kappa shape index (κ3) is 8.02. The molecule has 0 saturated carbocycles. The highest BCUT2D eigenvalue weighted by Gasteiger charge is 2.33. The maximum atomic E-state index is 12.8. The second kappa shape index (κ2) is 12.4. The van der Waals surface area contributed by atoms with Crippen molar-refractivity contribution in [1.82, 2.24) is 4.98 Å². The number of ketones is 1. The zero-order valence-electron chi connectivity index (χ0n) is 20.4. The maximum Gasteiger partial charge on any atom is 0.309 e. The molecule has 0 saturated heterocycles. The molecule has 1 aliphatic heterocycles. The van der Waals surface area contributed by atoms with Crippen LogP contribution in [-0.4, -0.2) is 45.3 Å². The lowest BCUT2D eigenvalue weighted by Crippen LogP contribution is -2.38. The van der Waals surface area contributed by atoms with E-state index in [1.165, 1.54) is 0 Å². The van der Waals surface area contributed by atoms with Crippen LogP contribution in [0.4, 0.5) is 0 Å². The van der Waals surface area contributed by atoms with Gasteiger partial charge in [-0.2, -0.15) is 0 Å². The molecule has 7 heteroatoms. The van der Waals surface area contributed by atoms with Crippen LogP contribution in [-0.2, 0) is 14.3 Å². The molecule has 1 unspecified atom stereocenters. The molecule has 6 nitrogen and oxygen atoms in total. The molecular weight excluding hydrogens is 438 g/mol. The summed E-state index contributed by atoms with van der Waals surface area (Å²) in [4.78, 5) is 29.9. The second-order valence-corrected chi connectivity index (χ2v) is 10.3. The zero-order valence-corrected chi connectivity index (χ0v) is 21.3. The van der Waals surface area contributed by atoms with E-state index < -0.39 is 36.1 Å². The highest BCUT2D eigenvalue weighted by Crippen LogP contribution is 2.24. The minimum Gasteiger partial charge on any atom is -0.457 e. The van der Waals surface area contributed by atoms with Gasteiger partial charge in [0.1, 0.15) is 11.9 Å². The van der Waals surface area contributed by atoms with Gasteiger partial charge in [0.2, 0.25) is 0 Å². The number of aromatic nitrogens is 1. The molecule has 1 aliphatic rings. The Kier molecular flexibility index (Phi) is 10.2. The van der Waals surface area contributed by atoms with Crippen LogP contribution in [0.5, 0.6) is 0 Å². The number of carbonyl (C=O) groups is 2. The molecule has 2 heterocycles. The fourth-order valence-corrected chi connectivity index (χ4v) is 4.46. The minimum atomic E-state index is -1.17. The average molecular weight is 476 g/mol. The van der Waals surface area contributed by atoms with Crippen molar-refractivity contribution in [3.63, 3.8) is 0 Å². The first-order valence-electron chi connectivity index (χ1n) is 11.5. The molecule has 33 heavy (non-hydrogen) atoms. The van der Waals surface area contributed by atoms with Crippen LogP contribution in [0.1, 0.15) is 64.6 Å². The van der Waals surface area contributed by atoms with Gasteiger partial charge in [0.15, 0.2) is 0 Å². The number of hydrogen-bond donors (Lipinski definition) is 2. The molecule has 0 spiro atoms. The first-order valence-corrected chi connectivity index (χ1v) is 12.4. The molecule has 0 aromatic carbocycles. The molecule has 1 aromatic heterocycles. The Bertz CT molecular complexity index is 916. The molecule has 0 amide bonds. The summed E-state index contributed by atoms with van der Waals surface area (Å²) in [7, 11) is 0. The number of cyclic esters (lactones) is 1. The minimum absolute atomic E-state index is 0.116. The lowest BCUT2D eigenvalue weighted by molar-refractivity contribution is -0.151. The molecule has 2 N–H and O–H groups in total. The van der Waals surface area contributed by atoms with Crippen LogP contribution < -0.4 is 0 Å². The van der Waals surface area contributed by atoms with Gasteiger partial charge in [0.25, 0.3) is 0 Å². The topological polar surface area (TPSA) is 96.7 Å². The lowest BCUT2D eigenvalue weighted by Gasteiger charge is -2.27. The number of thiazole rings is 1. The van der Waals surface area contributed by atoms with E-state index in [1.807, 2.05) is 57.4 Å². The molecular formula is C26H37NO5S. The van der Waals surface area contributed by atoms with E-state index in [0.29, 0.717) is 12.8 Å². The van der Waals surface area contributed by atoms with Crippen molar-refractivity contribution in [2.45, 2.75) is 79.1 Å². The van der Waals surface area contributed by atoms with Crippen LogP contribution in [0.15, 0.2) is 34.8 Å². The third-order valence-electron chi connectivity index (χ3n) is 6.28. The summed E-state index contributed by atoms with van der Waals surface area (Å²) in [6.45, 7) is 11.0. The number of aliphatic hydroxyl groups excluding tert-OH is 2. The quantitative estimate of drug-likeness (QED) is 0.604. The molecule has 0 radical (unpaired) electrons. The smallest absolute Gasteiger partial charge is 0.309 e. The number of hydrogen-bond acceptors (Lipinski definition) is 7. The van der Waals surface area contributed by atoms with E-state index in [1.54, 1.807) is 25.2 Å². The van der Waals surface area contributed by atoms with Crippen LogP contribution in [0.3, 0.4) is 0 Å². The van der Waals surface area contributed by atoms with Crippen LogP contribution >= 0.6 is 11.3 Å². The lowest BCUT2D eigenvalue weighted by atomic mass is 9.82. The molecule has 1 aromatic rings. The standard InChI is InChI=1S/C26H37NO5S/c1-15-8-7-9-16(2)25(30)19(5)26(31)18(4)22(28)13-24(29)32-23(11-10-15)17(3)12-21-14-33-20(6)27-21/h7-8,10,12,14,16,18-19,22-23,25,28,30H,9,11,13H2,1-6H3/b8-7-,15-10+,17-12+/t16-,18?,19+,22-,23-,25-/m1/s1. The van der Waals surface area contributed by atoms with Crippen LogP contribution in [0.25, 0.3) is 6.08 Å². The fourth-order valence-electron chi connectivity index (χ4n) is 3.89. The largest absolute Gasteiger partial charge is 0.457 e. The summed E-state index contributed by atoms with van der Waals surface area (Å²) in [6, 6.07) is 0. The van der Waals surface area contributed by atoms with Crippen molar-refractivity contribution in [3.8, 4) is 0 Å². The van der Waals surface area contributed by atoms with Crippen LogP contribution in [0.2, 0.25) is 0 Å². The van der Waals surface area contributed by atoms with Gasteiger partial charge < -0.3 is 14.9 Å². The van der Waals surface area contributed by atoms with Crippen molar-refractivity contribution >= 4 is 29.2 Å². The van der Waals surface area contributed by atoms with E-state index in [-0.39, 0.29) is 18.1 Å². The summed E-state index contributed by atoms with van der Waals surface area (Å²) in [5.41, 5.74) is 2.69. The Balaban J connectivity index is 2.32. The molecule has 0 aliphatic carbocycles. The van der Waals surface area contributed by atoms with Crippen molar-refractivity contribution in [2.75, 3.05) is 0 Å². The van der Waals surface area contributed by atoms with Crippen molar-refractivity contribution in [2.24, 2.45) is 17.8 Å². The molecule has 0 fully saturated rings. The van der Waals surface area contributed by atoms with Crippen molar-refractivity contribution in [1.29, 1.82) is 0 Å². The van der Waals surface area contributed by atoms with E-state index in [4.69, 9.17) is 4.74 Å². The summed E-state index contributed by atoms with van der Waals surface area (Å²) in [5, 5.41) is 24.1. The summed E-state index contributed by atoms with van der Waals surface area (Å²) in [6.07, 6.45) is 6.20. The monoisotopic (exact) mass is 475 g/mol. The average Bonchev–Trinajstić information content (AvgIpc) is 3.17. The zero-order chi connectivity index (χ0) is 24.7. The number of rotatable bonds is 2. The van der Waals surface area contributed by atoms with Gasteiger partial charge in [-0.1, -0.05) is 44.6 Å². The van der Waals surface area contributed by atoms with Crippen molar-refractivity contribution in [3.05, 3.63) is 45.5 Å². The first kappa shape index (κ1) is 27.2. The van der Waals surface area contributed by atoms with Gasteiger partial charge in [0, 0.05) is 23.6 Å². The molecule has 6 atom stereocenters. The van der Waals surface area contributed by atoms with Gasteiger partial charge in [-0.25, -0.2) is 4.98 Å². The Morgan fingerprint density at radius 3 is 2.48 bits per heavy atom. The molecule has 182 valence electrons. The normalized spacial score (nSPS) is 33.8. The first-order chi connectivity index (χ1) is 15.5. The summed E-state index contributed by atoms with van der Waals surface area (Å²) < 4.78 is 5.74. The van der Waals surface area contributed by atoms with Gasteiger partial charge in [-0.05, 0) is 44.8 Å². The highest BCUT2D eigenvalue weighted by molar-refractivity contribution is 7.09. The molecule has 2 rings (SSSR count). The van der Waals surface area contributed by atoms with E-state index in [2.05, 4.69) is 4.98 Å². The van der Waals surface area contributed by atoms with E-state index in [9.17, 15) is 19.8 Å². The molecule has 0 bridgehead atoms. The van der Waals surface area contributed by atoms with Gasteiger partial charge >= 0.3 is 5.97 Å². The number of nitrogens with zero attached hydrogens (tertiary/aromatic N) is 1. The maximum absolute atomic E-state index is 12.8. The SMILES string of the molecule is CC1=C\C[C@H](/C(C)=C/c2csc(C)n2)OC(=O)C[C@@H](O)C(C)C(=O)[C@@H](C)[C@H](O)[C@H](C)C/C=C\1. The van der Waals surface area contributed by atoms with E-state index in [0.717, 1.165) is 21.8 Å². The van der Waals surface area contributed by atoms with Gasteiger partial charge in [-0.3, -0.25) is 9.59 Å². The number of esters is 1. The second-order valence-electron chi connectivity index (χ2n) is 9.20. The Hall–Kier alpha value is -2.09. The number of aliphatic hydroxyl groups is 2.